The third-order valence-electron chi connectivity index (χ3n) is 2.34. The minimum absolute atomic E-state index is 0.0128. The van der Waals surface area contributed by atoms with Crippen molar-refractivity contribution in [3.8, 4) is 11.5 Å². The molecular weight excluding hydrogens is 232 g/mol. The highest BCUT2D eigenvalue weighted by Gasteiger charge is 2.00. The highest BCUT2D eigenvalue weighted by Crippen LogP contribution is 2.17. The average Bonchev–Trinajstić information content (AvgIpc) is 2.42. The maximum absolute atomic E-state index is 11.3. The first-order valence-corrected chi connectivity index (χ1v) is 6.00. The van der Waals surface area contributed by atoms with Gasteiger partial charge in [0.15, 0.2) is 0 Å². The van der Waals surface area contributed by atoms with Crippen LogP contribution in [0.25, 0.3) is 0 Å². The molecule has 0 radical (unpaired) electrons. The molecule has 0 spiro atoms. The van der Waals surface area contributed by atoms with Gasteiger partial charge in [0.25, 0.3) is 0 Å². The van der Waals surface area contributed by atoms with Crippen molar-refractivity contribution in [2.24, 2.45) is 5.73 Å². The Balaban J connectivity index is 2.15. The van der Waals surface area contributed by atoms with Crippen LogP contribution in [0.2, 0.25) is 0 Å². The van der Waals surface area contributed by atoms with Gasteiger partial charge in [0, 0.05) is 19.5 Å². The monoisotopic (exact) mass is 252 g/mol. The zero-order valence-corrected chi connectivity index (χ0v) is 10.6. The number of hydrogen-bond acceptors (Lipinski definition) is 4. The molecule has 0 saturated carbocycles. The summed E-state index contributed by atoms with van der Waals surface area (Å²) in [7, 11) is 1.62. The maximum Gasteiger partial charge on any atom is 0.220 e. The third-order valence-corrected chi connectivity index (χ3v) is 2.34. The molecule has 0 heterocycles. The van der Waals surface area contributed by atoms with Gasteiger partial charge in [-0.15, -0.1) is 0 Å². The van der Waals surface area contributed by atoms with Crippen molar-refractivity contribution in [2.45, 2.75) is 12.8 Å². The smallest absolute Gasteiger partial charge is 0.220 e. The van der Waals surface area contributed by atoms with E-state index in [1.807, 2.05) is 24.3 Å². The van der Waals surface area contributed by atoms with E-state index < -0.39 is 0 Å². The van der Waals surface area contributed by atoms with Crippen LogP contribution >= 0.6 is 0 Å². The van der Waals surface area contributed by atoms with Crippen molar-refractivity contribution in [1.29, 1.82) is 0 Å². The highest BCUT2D eigenvalue weighted by molar-refractivity contribution is 5.75. The van der Waals surface area contributed by atoms with Crippen molar-refractivity contribution in [3.63, 3.8) is 0 Å². The Morgan fingerprint density at radius 2 is 1.94 bits per heavy atom. The molecule has 18 heavy (non-hydrogen) atoms. The molecule has 3 N–H and O–H groups in total. The molecule has 0 aliphatic carbocycles. The summed E-state index contributed by atoms with van der Waals surface area (Å²) in [4.78, 5) is 11.3. The van der Waals surface area contributed by atoms with Gasteiger partial charge in [-0.2, -0.15) is 0 Å². The van der Waals surface area contributed by atoms with Crippen LogP contribution in [0.1, 0.15) is 12.8 Å². The summed E-state index contributed by atoms with van der Waals surface area (Å²) in [6.45, 7) is 1.51. The summed E-state index contributed by atoms with van der Waals surface area (Å²) in [6.07, 6.45) is 1.14. The lowest BCUT2D eigenvalue weighted by atomic mass is 10.3. The molecule has 0 atom stereocenters. The lowest BCUT2D eigenvalue weighted by Gasteiger charge is -2.07. The molecule has 1 aromatic rings. The molecule has 100 valence electrons. The number of nitrogens with one attached hydrogen (secondary N) is 1. The van der Waals surface area contributed by atoms with Crippen LogP contribution in [0.3, 0.4) is 0 Å². The molecule has 0 aliphatic heterocycles. The zero-order valence-electron chi connectivity index (χ0n) is 10.6. The van der Waals surface area contributed by atoms with Gasteiger partial charge >= 0.3 is 0 Å². The third kappa shape index (κ3) is 5.54. The minimum Gasteiger partial charge on any atom is -0.497 e. The molecule has 5 heteroatoms. The Bertz CT molecular complexity index is 352. The largest absolute Gasteiger partial charge is 0.497 e. The molecule has 0 bridgehead atoms. The molecule has 1 rings (SSSR count). The summed E-state index contributed by atoms with van der Waals surface area (Å²) in [5.41, 5.74) is 5.28. The van der Waals surface area contributed by atoms with E-state index in [9.17, 15) is 4.79 Å². The molecule has 0 aromatic heterocycles. The highest BCUT2D eigenvalue weighted by atomic mass is 16.5. The van der Waals surface area contributed by atoms with Crippen molar-refractivity contribution in [1.82, 2.24) is 5.32 Å². The number of benzene rings is 1. The average molecular weight is 252 g/mol. The number of methoxy groups -OCH3 is 1. The van der Waals surface area contributed by atoms with Crippen LogP contribution in [-0.2, 0) is 4.79 Å². The van der Waals surface area contributed by atoms with E-state index >= 15 is 0 Å². The van der Waals surface area contributed by atoms with Gasteiger partial charge in [-0.3, -0.25) is 4.79 Å². The van der Waals surface area contributed by atoms with E-state index in [2.05, 4.69) is 5.32 Å². The standard InChI is InChI=1S/C13H20N2O3/c1-17-11-4-6-12(7-5-11)18-10-2-3-13(16)15-9-8-14/h4-7H,2-3,8-10,14H2,1H3,(H,15,16). The maximum atomic E-state index is 11.3. The first-order valence-electron chi connectivity index (χ1n) is 6.00. The molecule has 0 unspecified atom stereocenters. The van der Waals surface area contributed by atoms with Crippen molar-refractivity contribution in [2.75, 3.05) is 26.8 Å². The van der Waals surface area contributed by atoms with E-state index in [-0.39, 0.29) is 5.91 Å². The van der Waals surface area contributed by atoms with E-state index in [0.717, 1.165) is 11.5 Å². The summed E-state index contributed by atoms with van der Waals surface area (Å²) in [6, 6.07) is 7.35. The second kappa shape index (κ2) is 8.36. The number of nitrogens with two attached hydrogens (primary N) is 1. The lowest BCUT2D eigenvalue weighted by Crippen LogP contribution is -2.29. The zero-order chi connectivity index (χ0) is 13.2. The molecule has 0 aliphatic rings. The van der Waals surface area contributed by atoms with Crippen LogP contribution in [0.5, 0.6) is 11.5 Å². The van der Waals surface area contributed by atoms with Gasteiger partial charge in [0.05, 0.1) is 13.7 Å². The van der Waals surface area contributed by atoms with Crippen molar-refractivity contribution < 1.29 is 14.3 Å². The fourth-order valence-corrected chi connectivity index (χ4v) is 1.39. The molecule has 5 nitrogen and oxygen atoms in total. The van der Waals surface area contributed by atoms with Gasteiger partial charge in [-0.05, 0) is 30.7 Å². The molecular formula is C13H20N2O3. The molecule has 1 aromatic carbocycles. The number of rotatable bonds is 8. The number of hydrogen-bond donors (Lipinski definition) is 2. The Morgan fingerprint density at radius 1 is 1.28 bits per heavy atom. The SMILES string of the molecule is COc1ccc(OCCCC(=O)NCCN)cc1. The summed E-state index contributed by atoms with van der Waals surface area (Å²) >= 11 is 0. The topological polar surface area (TPSA) is 73.6 Å². The fraction of sp³-hybridized carbons (Fsp3) is 0.462. The van der Waals surface area contributed by atoms with Gasteiger partial charge < -0.3 is 20.5 Å². The normalized spacial score (nSPS) is 9.89. The Morgan fingerprint density at radius 3 is 2.56 bits per heavy atom. The first-order chi connectivity index (χ1) is 8.76. The van der Waals surface area contributed by atoms with Crippen molar-refractivity contribution in [3.05, 3.63) is 24.3 Å². The van der Waals surface area contributed by atoms with Gasteiger partial charge in [0.1, 0.15) is 11.5 Å². The first kappa shape index (κ1) is 14.3. The second-order valence-corrected chi connectivity index (χ2v) is 3.77. The second-order valence-electron chi connectivity index (χ2n) is 3.77. The van der Waals surface area contributed by atoms with Gasteiger partial charge in [-0.1, -0.05) is 0 Å². The summed E-state index contributed by atoms with van der Waals surface area (Å²) < 4.78 is 10.5. The molecule has 0 saturated heterocycles. The van der Waals surface area contributed by atoms with Crippen LogP contribution in [0, 0.1) is 0 Å². The molecule has 0 fully saturated rings. The van der Waals surface area contributed by atoms with E-state index in [4.69, 9.17) is 15.2 Å². The Kier molecular flexibility index (Phi) is 6.64. The predicted octanol–water partition coefficient (Wildman–Crippen LogP) is 0.929. The number of amides is 1. The number of carbonyl (C=O) groups excluding carboxylic acids is 1. The van der Waals surface area contributed by atoms with Crippen molar-refractivity contribution >= 4 is 5.91 Å². The van der Waals surface area contributed by atoms with Crippen LogP contribution in [0.15, 0.2) is 24.3 Å². The summed E-state index contributed by atoms with van der Waals surface area (Å²) in [5, 5.41) is 2.71. The molecule has 1 amide bonds. The van der Waals surface area contributed by atoms with Crippen LogP contribution in [0.4, 0.5) is 0 Å². The predicted molar refractivity (Wildman–Crippen MR) is 69.8 cm³/mol. The lowest BCUT2D eigenvalue weighted by molar-refractivity contribution is -0.121. The van der Waals surface area contributed by atoms with Crippen LogP contribution in [-0.4, -0.2) is 32.7 Å². The fourth-order valence-electron chi connectivity index (χ4n) is 1.39. The Hall–Kier alpha value is -1.75. The van der Waals surface area contributed by atoms with E-state index in [0.29, 0.717) is 32.5 Å². The number of carbonyl (C=O) groups is 1. The quantitative estimate of drug-likeness (QED) is 0.675. The number of ether oxygens (including phenoxy) is 2. The van der Waals surface area contributed by atoms with Gasteiger partial charge in [-0.25, -0.2) is 0 Å². The Labute approximate surface area is 107 Å². The summed E-state index contributed by atoms with van der Waals surface area (Å²) in [5.74, 6) is 1.58. The minimum atomic E-state index is 0.0128. The van der Waals surface area contributed by atoms with Gasteiger partial charge in [0.2, 0.25) is 5.91 Å². The van der Waals surface area contributed by atoms with Crippen LogP contribution < -0.4 is 20.5 Å². The van der Waals surface area contributed by atoms with E-state index in [1.165, 1.54) is 0 Å². The van der Waals surface area contributed by atoms with E-state index in [1.54, 1.807) is 7.11 Å².